The van der Waals surface area contributed by atoms with Crippen LogP contribution in [0.25, 0.3) is 0 Å². The van der Waals surface area contributed by atoms with Crippen LogP contribution in [0.2, 0.25) is 0 Å². The van der Waals surface area contributed by atoms with Gasteiger partial charge in [-0.25, -0.2) is 0 Å². The minimum absolute atomic E-state index is 0.249. The molecule has 0 rings (SSSR count). The van der Waals surface area contributed by atoms with Crippen LogP contribution >= 0.6 is 0 Å². The molecule has 0 bridgehead atoms. The van der Waals surface area contributed by atoms with Gasteiger partial charge in [0.15, 0.2) is 0 Å². The molecular formula is C15H37N3Si. The first-order valence-corrected chi connectivity index (χ1v) is 9.21. The van der Waals surface area contributed by atoms with Gasteiger partial charge in [-0.1, -0.05) is 41.5 Å². The fourth-order valence-electron chi connectivity index (χ4n) is 3.57. The summed E-state index contributed by atoms with van der Waals surface area (Å²) in [6.07, 6.45) is 0. The van der Waals surface area contributed by atoms with Crippen molar-refractivity contribution in [2.75, 3.05) is 39.3 Å². The second kappa shape index (κ2) is 9.11. The van der Waals surface area contributed by atoms with E-state index in [0.717, 1.165) is 39.3 Å². The van der Waals surface area contributed by atoms with E-state index in [9.17, 15) is 0 Å². The molecular weight excluding hydrogens is 250 g/mol. The normalized spacial score (nSPS) is 14.8. The van der Waals surface area contributed by atoms with Crippen molar-refractivity contribution in [3.63, 3.8) is 0 Å². The first kappa shape index (κ1) is 19.1. The van der Waals surface area contributed by atoms with Gasteiger partial charge in [0.2, 0.25) is 0 Å². The smallest absolute Gasteiger partial charge is 0.0673 e. The molecule has 0 aromatic rings. The molecule has 0 radical (unpaired) electrons. The lowest BCUT2D eigenvalue weighted by Gasteiger charge is -2.54. The first-order chi connectivity index (χ1) is 8.97. The molecule has 0 fully saturated rings. The van der Waals surface area contributed by atoms with Crippen LogP contribution in [0, 0.1) is 0 Å². The summed E-state index contributed by atoms with van der Waals surface area (Å²) in [6, 6.07) is 0.592. The second-order valence-electron chi connectivity index (χ2n) is 5.34. The lowest BCUT2D eigenvalue weighted by molar-refractivity contribution is -0.0424. The Balaban J connectivity index is 5.46. The van der Waals surface area contributed by atoms with E-state index in [2.05, 4.69) is 63.2 Å². The summed E-state index contributed by atoms with van der Waals surface area (Å²) in [5, 5.41) is 0.249. The van der Waals surface area contributed by atoms with Gasteiger partial charge in [0.25, 0.3) is 0 Å². The van der Waals surface area contributed by atoms with E-state index < -0.39 is 0 Å². The second-order valence-corrected chi connectivity index (χ2v) is 6.81. The fraction of sp³-hybridized carbons (Fsp3) is 1.00. The molecule has 0 spiro atoms. The van der Waals surface area contributed by atoms with Crippen LogP contribution in [0.3, 0.4) is 0 Å². The Morgan fingerprint density at radius 3 is 1.26 bits per heavy atom. The Hall–Kier alpha value is 0.0969. The third-order valence-corrected chi connectivity index (χ3v) is 7.06. The largest absolute Gasteiger partial charge is 0.298 e. The third-order valence-electron chi connectivity index (χ3n) is 4.96. The number of hydrogen-bond acceptors (Lipinski definition) is 3. The van der Waals surface area contributed by atoms with Gasteiger partial charge in [-0.05, 0) is 46.2 Å². The highest BCUT2D eigenvalue weighted by atomic mass is 28.1. The highest BCUT2D eigenvalue weighted by molar-refractivity contribution is 6.15. The number of rotatable bonds is 10. The molecule has 0 aliphatic rings. The zero-order valence-electron chi connectivity index (χ0n) is 14.7. The van der Waals surface area contributed by atoms with E-state index in [4.69, 9.17) is 0 Å². The molecule has 0 saturated carbocycles. The highest BCUT2D eigenvalue weighted by Crippen LogP contribution is 2.25. The zero-order valence-corrected chi connectivity index (χ0v) is 16.7. The molecule has 0 N–H and O–H groups in total. The van der Waals surface area contributed by atoms with E-state index in [-0.39, 0.29) is 5.29 Å². The molecule has 4 heteroatoms. The van der Waals surface area contributed by atoms with E-state index in [1.165, 1.54) is 10.2 Å². The van der Waals surface area contributed by atoms with Gasteiger partial charge in [0, 0.05) is 16.3 Å². The van der Waals surface area contributed by atoms with Crippen LogP contribution in [-0.4, -0.2) is 75.5 Å². The summed E-state index contributed by atoms with van der Waals surface area (Å²) in [4.78, 5) is 7.97. The average Bonchev–Trinajstić information content (AvgIpc) is 2.42. The van der Waals surface area contributed by atoms with Gasteiger partial charge >= 0.3 is 0 Å². The highest BCUT2D eigenvalue weighted by Gasteiger charge is 2.41. The monoisotopic (exact) mass is 287 g/mol. The predicted molar refractivity (Wildman–Crippen MR) is 90.9 cm³/mol. The van der Waals surface area contributed by atoms with Crippen molar-refractivity contribution < 1.29 is 0 Å². The van der Waals surface area contributed by atoms with E-state index in [0.29, 0.717) is 6.04 Å². The third kappa shape index (κ3) is 4.03. The van der Waals surface area contributed by atoms with Crippen molar-refractivity contribution in [2.45, 2.75) is 59.8 Å². The van der Waals surface area contributed by atoms with Gasteiger partial charge in [0.1, 0.15) is 0 Å². The molecule has 3 nitrogen and oxygen atoms in total. The maximum atomic E-state index is 2.68. The van der Waals surface area contributed by atoms with Gasteiger partial charge < -0.3 is 0 Å². The molecule has 19 heavy (non-hydrogen) atoms. The average molecular weight is 288 g/mol. The van der Waals surface area contributed by atoms with Gasteiger partial charge in [0.05, 0.1) is 5.29 Å². The van der Waals surface area contributed by atoms with E-state index >= 15 is 0 Å². The molecule has 0 heterocycles. The van der Waals surface area contributed by atoms with Crippen LogP contribution in [-0.2, 0) is 0 Å². The van der Waals surface area contributed by atoms with Crippen molar-refractivity contribution in [3.8, 4) is 0 Å². The van der Waals surface area contributed by atoms with Crippen molar-refractivity contribution in [2.24, 2.45) is 0 Å². The van der Waals surface area contributed by atoms with E-state index in [1.807, 2.05) is 0 Å². The molecule has 0 aromatic heterocycles. The van der Waals surface area contributed by atoms with Crippen LogP contribution < -0.4 is 0 Å². The van der Waals surface area contributed by atoms with Crippen molar-refractivity contribution >= 4 is 10.2 Å². The summed E-state index contributed by atoms with van der Waals surface area (Å²) in [7, 11) is 1.17. The Morgan fingerprint density at radius 1 is 0.737 bits per heavy atom. The molecule has 0 aliphatic heterocycles. The van der Waals surface area contributed by atoms with Crippen LogP contribution in [0.5, 0.6) is 0 Å². The SMILES string of the molecule is CCN(CC)C(C)C([SiH3])(N(CC)CC)N(CC)CC. The molecule has 0 saturated heterocycles. The van der Waals surface area contributed by atoms with Crippen molar-refractivity contribution in [3.05, 3.63) is 0 Å². The molecule has 0 amide bonds. The molecule has 0 aliphatic carbocycles. The van der Waals surface area contributed by atoms with Gasteiger partial charge in [-0.15, -0.1) is 0 Å². The number of nitrogens with zero attached hydrogens (tertiary/aromatic N) is 3. The lowest BCUT2D eigenvalue weighted by atomic mass is 10.1. The quantitative estimate of drug-likeness (QED) is 0.444. The Bertz CT molecular complexity index is 211. The van der Waals surface area contributed by atoms with E-state index in [1.54, 1.807) is 0 Å². The van der Waals surface area contributed by atoms with Crippen molar-refractivity contribution in [1.82, 2.24) is 14.7 Å². The lowest BCUT2D eigenvalue weighted by Crippen LogP contribution is -2.70. The summed E-state index contributed by atoms with van der Waals surface area (Å²) in [6.45, 7) is 23.0. The van der Waals surface area contributed by atoms with Crippen LogP contribution in [0.4, 0.5) is 0 Å². The maximum Gasteiger partial charge on any atom is 0.0673 e. The number of likely N-dealkylation sites (N-methyl/N-ethyl adjacent to an activating group) is 3. The Labute approximate surface area is 124 Å². The van der Waals surface area contributed by atoms with Crippen molar-refractivity contribution in [1.29, 1.82) is 0 Å². The summed E-state index contributed by atoms with van der Waals surface area (Å²) >= 11 is 0. The zero-order chi connectivity index (χ0) is 15.1. The first-order valence-electron chi connectivity index (χ1n) is 8.21. The van der Waals surface area contributed by atoms with Gasteiger partial charge in [-0.2, -0.15) is 0 Å². The summed E-state index contributed by atoms with van der Waals surface area (Å²) in [5.74, 6) is 0. The minimum Gasteiger partial charge on any atom is -0.298 e. The van der Waals surface area contributed by atoms with Crippen LogP contribution in [0.15, 0.2) is 0 Å². The Morgan fingerprint density at radius 2 is 1.05 bits per heavy atom. The topological polar surface area (TPSA) is 9.72 Å². The maximum absolute atomic E-state index is 2.68. The standard InChI is InChI=1S/C15H37N3Si/c1-8-16(9-2)14(7)15(19,17(10-3)11-4)18(12-5)13-6/h14H,8-13H2,1-7,19H3. The molecule has 1 atom stereocenters. The minimum atomic E-state index is 0.249. The molecule has 0 aromatic carbocycles. The summed E-state index contributed by atoms with van der Waals surface area (Å²) in [5.41, 5.74) is 0. The molecule has 116 valence electrons. The van der Waals surface area contributed by atoms with Crippen LogP contribution in [0.1, 0.15) is 48.5 Å². The predicted octanol–water partition coefficient (Wildman–Crippen LogP) is 1.42. The Kier molecular flexibility index (Phi) is 9.16. The fourth-order valence-corrected chi connectivity index (χ4v) is 5.20. The summed E-state index contributed by atoms with van der Waals surface area (Å²) < 4.78 is 0. The van der Waals surface area contributed by atoms with Gasteiger partial charge in [-0.3, -0.25) is 14.7 Å². The molecule has 1 unspecified atom stereocenters. The number of hydrogen-bond donors (Lipinski definition) is 0.